The maximum atomic E-state index is 13.3. The van der Waals surface area contributed by atoms with Crippen molar-refractivity contribution in [1.82, 2.24) is 4.90 Å². The first-order valence-corrected chi connectivity index (χ1v) is 12.6. The van der Waals surface area contributed by atoms with Crippen LogP contribution < -0.4 is 10.1 Å². The Morgan fingerprint density at radius 1 is 1.19 bits per heavy atom. The largest absolute Gasteiger partial charge is 0.486 e. The third-order valence-electron chi connectivity index (χ3n) is 5.11. The Labute approximate surface area is 229 Å². The van der Waals surface area contributed by atoms with Crippen LogP contribution in [0.1, 0.15) is 16.7 Å². The molecule has 1 aliphatic rings. The third kappa shape index (κ3) is 6.38. The maximum Gasteiger partial charge on any atom is 0.294 e. The molecule has 0 aliphatic carbocycles. The van der Waals surface area contributed by atoms with Crippen LogP contribution in [0.2, 0.25) is 5.02 Å². The first kappa shape index (κ1) is 26.4. The van der Waals surface area contributed by atoms with Gasteiger partial charge in [0, 0.05) is 11.3 Å². The van der Waals surface area contributed by atoms with E-state index in [9.17, 15) is 24.0 Å². The normalized spacial score (nSPS) is 14.1. The van der Waals surface area contributed by atoms with Gasteiger partial charge in [-0.1, -0.05) is 35.9 Å². The smallest absolute Gasteiger partial charge is 0.294 e. The summed E-state index contributed by atoms with van der Waals surface area (Å²) in [6, 6.07) is 17.7. The zero-order chi connectivity index (χ0) is 26.5. The predicted molar refractivity (Wildman–Crippen MR) is 142 cm³/mol. The van der Waals surface area contributed by atoms with Gasteiger partial charge in [-0.15, -0.1) is 0 Å². The van der Waals surface area contributed by atoms with Crippen molar-refractivity contribution in [2.45, 2.75) is 6.61 Å². The number of nitriles is 1. The highest BCUT2D eigenvalue weighted by Crippen LogP contribution is 2.38. The summed E-state index contributed by atoms with van der Waals surface area (Å²) in [5.41, 5.74) is 1.93. The Morgan fingerprint density at radius 3 is 2.70 bits per heavy atom. The minimum atomic E-state index is -0.639. The molecule has 1 N–H and O–H groups in total. The zero-order valence-corrected chi connectivity index (χ0v) is 22.0. The average Bonchev–Trinajstić information content (AvgIpc) is 3.11. The molecule has 0 aromatic heterocycles. The van der Waals surface area contributed by atoms with Crippen molar-refractivity contribution >= 4 is 68.1 Å². The molecule has 4 rings (SSSR count). The predicted octanol–water partition coefficient (Wildman–Crippen LogP) is 6.37. The molecule has 3 amide bonds. The fourth-order valence-corrected chi connectivity index (χ4v) is 5.23. The quantitative estimate of drug-likeness (QED) is 0.317. The highest BCUT2D eigenvalue weighted by Gasteiger charge is 2.36. The van der Waals surface area contributed by atoms with Crippen molar-refractivity contribution in [3.8, 4) is 11.8 Å². The highest BCUT2D eigenvalue weighted by molar-refractivity contribution is 9.10. The molecular formula is C26H16BrClFN3O4S. The Balaban J connectivity index is 1.45. The van der Waals surface area contributed by atoms with Gasteiger partial charge in [0.15, 0.2) is 5.75 Å². The fraction of sp³-hybridized carbons (Fsp3) is 0.0769. The molecule has 0 radical (unpaired) electrons. The van der Waals surface area contributed by atoms with Gasteiger partial charge in [-0.3, -0.25) is 19.3 Å². The van der Waals surface area contributed by atoms with E-state index in [4.69, 9.17) is 16.3 Å². The summed E-state index contributed by atoms with van der Waals surface area (Å²) >= 11 is 10.5. The van der Waals surface area contributed by atoms with E-state index in [2.05, 4.69) is 27.3 Å². The molecule has 0 bridgehead atoms. The molecule has 0 spiro atoms. The van der Waals surface area contributed by atoms with Gasteiger partial charge in [0.1, 0.15) is 19.0 Å². The summed E-state index contributed by atoms with van der Waals surface area (Å²) in [5, 5.41) is 11.3. The van der Waals surface area contributed by atoms with Gasteiger partial charge < -0.3 is 10.1 Å². The zero-order valence-electron chi connectivity index (χ0n) is 18.8. The fourth-order valence-electron chi connectivity index (χ4n) is 3.40. The van der Waals surface area contributed by atoms with Gasteiger partial charge in [0.05, 0.1) is 26.0 Å². The second-order valence-corrected chi connectivity index (χ2v) is 9.95. The minimum absolute atomic E-state index is 0.114. The number of hydrogen-bond acceptors (Lipinski definition) is 6. The van der Waals surface area contributed by atoms with E-state index in [1.165, 1.54) is 24.3 Å². The number of ether oxygens (including phenoxy) is 1. The van der Waals surface area contributed by atoms with Crippen LogP contribution in [0.15, 0.2) is 70.0 Å². The molecule has 186 valence electrons. The first-order valence-electron chi connectivity index (χ1n) is 10.7. The van der Waals surface area contributed by atoms with Gasteiger partial charge in [0.25, 0.3) is 11.1 Å². The van der Waals surface area contributed by atoms with Crippen molar-refractivity contribution in [1.29, 1.82) is 5.26 Å². The number of carbonyl (C=O) groups is 3. The van der Waals surface area contributed by atoms with E-state index in [1.807, 2.05) is 0 Å². The van der Waals surface area contributed by atoms with Crippen LogP contribution in [-0.4, -0.2) is 28.5 Å². The number of carbonyl (C=O) groups excluding carboxylic acids is 3. The monoisotopic (exact) mass is 599 g/mol. The van der Waals surface area contributed by atoms with Crippen LogP contribution in [-0.2, 0) is 16.2 Å². The molecular weight excluding hydrogens is 585 g/mol. The number of benzene rings is 3. The number of nitrogens with one attached hydrogen (secondary N) is 1. The number of anilines is 1. The van der Waals surface area contributed by atoms with Crippen LogP contribution in [0.4, 0.5) is 14.9 Å². The molecule has 37 heavy (non-hydrogen) atoms. The molecule has 1 saturated heterocycles. The Morgan fingerprint density at radius 2 is 1.97 bits per heavy atom. The molecule has 1 heterocycles. The molecule has 0 unspecified atom stereocenters. The Bertz CT molecular complexity index is 1470. The minimum Gasteiger partial charge on any atom is -0.486 e. The Hall–Kier alpha value is -3.65. The van der Waals surface area contributed by atoms with Gasteiger partial charge in [-0.25, -0.2) is 4.39 Å². The van der Waals surface area contributed by atoms with E-state index in [0.717, 1.165) is 11.0 Å². The van der Waals surface area contributed by atoms with Crippen LogP contribution in [0, 0.1) is 17.1 Å². The summed E-state index contributed by atoms with van der Waals surface area (Å²) in [4.78, 5) is 38.4. The number of halogens is 3. The van der Waals surface area contributed by atoms with E-state index >= 15 is 0 Å². The molecule has 11 heteroatoms. The van der Waals surface area contributed by atoms with Crippen LogP contribution >= 0.6 is 39.3 Å². The van der Waals surface area contributed by atoms with Crippen molar-refractivity contribution in [3.05, 3.63) is 97.6 Å². The number of hydrogen-bond donors (Lipinski definition) is 1. The van der Waals surface area contributed by atoms with Crippen molar-refractivity contribution in [2.75, 3.05) is 11.9 Å². The summed E-state index contributed by atoms with van der Waals surface area (Å²) in [7, 11) is 0. The highest BCUT2D eigenvalue weighted by atomic mass is 79.9. The molecule has 1 aliphatic heterocycles. The molecule has 0 saturated carbocycles. The van der Waals surface area contributed by atoms with Gasteiger partial charge in [0.2, 0.25) is 5.91 Å². The van der Waals surface area contributed by atoms with Crippen molar-refractivity contribution in [3.63, 3.8) is 0 Å². The maximum absolute atomic E-state index is 13.3. The van der Waals surface area contributed by atoms with Gasteiger partial charge >= 0.3 is 0 Å². The van der Waals surface area contributed by atoms with E-state index in [0.29, 0.717) is 38.7 Å². The van der Waals surface area contributed by atoms with Crippen LogP contribution in [0.5, 0.6) is 5.75 Å². The van der Waals surface area contributed by atoms with E-state index < -0.39 is 29.4 Å². The Kier molecular flexibility index (Phi) is 8.28. The average molecular weight is 601 g/mol. The topological polar surface area (TPSA) is 99.5 Å². The lowest BCUT2D eigenvalue weighted by molar-refractivity contribution is -0.127. The molecule has 0 atom stereocenters. The number of amides is 3. The van der Waals surface area contributed by atoms with E-state index in [-0.39, 0.29) is 22.2 Å². The van der Waals surface area contributed by atoms with Crippen molar-refractivity contribution < 1.29 is 23.5 Å². The lowest BCUT2D eigenvalue weighted by atomic mass is 10.1. The lowest BCUT2D eigenvalue weighted by Crippen LogP contribution is -2.36. The molecule has 3 aromatic rings. The summed E-state index contributed by atoms with van der Waals surface area (Å²) < 4.78 is 19.7. The number of thioether (sulfide) groups is 1. The van der Waals surface area contributed by atoms with Gasteiger partial charge in [-0.05, 0) is 75.7 Å². The molecule has 3 aromatic carbocycles. The first-order chi connectivity index (χ1) is 17.7. The van der Waals surface area contributed by atoms with Crippen molar-refractivity contribution in [2.24, 2.45) is 0 Å². The summed E-state index contributed by atoms with van der Waals surface area (Å²) in [5.74, 6) is -1.45. The number of nitrogens with zero attached hydrogens (tertiary/aromatic N) is 2. The number of rotatable bonds is 7. The SMILES string of the molecule is N#Cc1ccccc1COc1c(Cl)cc(/C=C2/SC(=O)N(CC(=O)Nc3cccc(F)c3)C2=O)cc1Br. The standard InChI is InChI=1S/C26H16BrClFN3O4S/c27-20-8-15(9-21(28)24(20)36-14-17-5-2-1-4-16(17)12-30)10-22-25(34)32(26(35)37-22)13-23(33)31-19-7-3-6-18(29)11-19/h1-11H,13-14H2,(H,31,33)/b22-10+. The number of imide groups is 1. The van der Waals surface area contributed by atoms with Crippen LogP contribution in [0.3, 0.4) is 0 Å². The van der Waals surface area contributed by atoms with Crippen LogP contribution in [0.25, 0.3) is 6.08 Å². The molecule has 1 fully saturated rings. The lowest BCUT2D eigenvalue weighted by Gasteiger charge is -2.13. The third-order valence-corrected chi connectivity index (χ3v) is 6.89. The molecule has 7 nitrogen and oxygen atoms in total. The summed E-state index contributed by atoms with van der Waals surface area (Å²) in [6.45, 7) is -0.391. The van der Waals surface area contributed by atoms with Gasteiger partial charge in [-0.2, -0.15) is 5.26 Å². The second-order valence-electron chi connectivity index (χ2n) is 7.70. The van der Waals surface area contributed by atoms with E-state index in [1.54, 1.807) is 36.4 Å². The summed E-state index contributed by atoms with van der Waals surface area (Å²) in [6.07, 6.45) is 1.49. The second kappa shape index (κ2) is 11.6.